The second-order valence-electron chi connectivity index (χ2n) is 6.09. The zero-order valence-electron chi connectivity index (χ0n) is 15.7. The number of benzene rings is 1. The number of guanidine groups is 1. The molecule has 8 nitrogen and oxygen atoms in total. The van der Waals surface area contributed by atoms with Gasteiger partial charge in [0.05, 0.1) is 5.75 Å². The van der Waals surface area contributed by atoms with Crippen LogP contribution in [0.2, 0.25) is 0 Å². The molecule has 0 radical (unpaired) electrons. The first-order chi connectivity index (χ1) is 12.4. The summed E-state index contributed by atoms with van der Waals surface area (Å²) in [5.74, 6) is 0.696. The number of hydrogen-bond acceptors (Lipinski definition) is 4. The second-order valence-corrected chi connectivity index (χ2v) is 8.02. The fourth-order valence-electron chi connectivity index (χ4n) is 2.72. The maximum atomic E-state index is 12.1. The molecule has 0 unspecified atom stereocenters. The van der Waals surface area contributed by atoms with Crippen molar-refractivity contribution in [1.29, 1.82) is 0 Å². The van der Waals surface area contributed by atoms with Crippen molar-refractivity contribution in [2.24, 2.45) is 4.99 Å². The van der Waals surface area contributed by atoms with E-state index in [1.807, 2.05) is 35.2 Å². The highest BCUT2D eigenvalue weighted by molar-refractivity contribution is 14.0. The third kappa shape index (κ3) is 8.01. The van der Waals surface area contributed by atoms with Gasteiger partial charge in [0.2, 0.25) is 15.9 Å². The summed E-state index contributed by atoms with van der Waals surface area (Å²) in [5.41, 5.74) is 0.920. The molecule has 0 bridgehead atoms. The van der Waals surface area contributed by atoms with Gasteiger partial charge in [-0.25, -0.2) is 13.1 Å². The molecule has 1 heterocycles. The molecule has 27 heavy (non-hydrogen) atoms. The number of halogens is 1. The van der Waals surface area contributed by atoms with Crippen molar-refractivity contribution in [3.63, 3.8) is 0 Å². The van der Waals surface area contributed by atoms with Gasteiger partial charge in [0, 0.05) is 53.2 Å². The van der Waals surface area contributed by atoms with Gasteiger partial charge < -0.3 is 15.1 Å². The molecule has 10 heteroatoms. The Balaban J connectivity index is 0.00000364. The number of nitrogens with zero attached hydrogens (tertiary/aromatic N) is 3. The van der Waals surface area contributed by atoms with Crippen LogP contribution in [0.1, 0.15) is 12.5 Å². The third-order valence-corrected chi connectivity index (χ3v) is 5.56. The molecule has 1 saturated heterocycles. The van der Waals surface area contributed by atoms with Crippen LogP contribution < -0.4 is 10.0 Å². The van der Waals surface area contributed by atoms with Crippen LogP contribution in [0.5, 0.6) is 0 Å². The fourth-order valence-corrected chi connectivity index (χ4v) is 3.63. The molecule has 2 N–H and O–H groups in total. The summed E-state index contributed by atoms with van der Waals surface area (Å²) >= 11 is 0. The van der Waals surface area contributed by atoms with Gasteiger partial charge in [-0.1, -0.05) is 30.3 Å². The van der Waals surface area contributed by atoms with Crippen LogP contribution in [0, 0.1) is 0 Å². The van der Waals surface area contributed by atoms with Gasteiger partial charge >= 0.3 is 0 Å². The van der Waals surface area contributed by atoms with E-state index in [1.165, 1.54) is 0 Å². The summed E-state index contributed by atoms with van der Waals surface area (Å²) < 4.78 is 26.8. The zero-order valence-corrected chi connectivity index (χ0v) is 18.9. The second kappa shape index (κ2) is 11.4. The van der Waals surface area contributed by atoms with E-state index < -0.39 is 10.0 Å². The molecule has 1 fully saturated rings. The maximum Gasteiger partial charge on any atom is 0.219 e. The van der Waals surface area contributed by atoms with Gasteiger partial charge in [0.25, 0.3) is 0 Å². The lowest BCUT2D eigenvalue weighted by Crippen LogP contribution is -2.53. The summed E-state index contributed by atoms with van der Waals surface area (Å²) in [6, 6.07) is 9.40. The smallest absolute Gasteiger partial charge is 0.219 e. The van der Waals surface area contributed by atoms with Gasteiger partial charge in [-0.3, -0.25) is 9.79 Å². The maximum absolute atomic E-state index is 12.1. The summed E-state index contributed by atoms with van der Waals surface area (Å²) in [6.45, 7) is 4.76. The number of rotatable bonds is 6. The predicted octanol–water partition coefficient (Wildman–Crippen LogP) is 0.464. The molecule has 1 amide bonds. The van der Waals surface area contributed by atoms with Crippen LogP contribution in [-0.4, -0.2) is 75.6 Å². The molecule has 2 rings (SSSR count). The van der Waals surface area contributed by atoms with Crippen molar-refractivity contribution in [2.45, 2.75) is 13.5 Å². The fraction of sp³-hybridized carbons (Fsp3) is 0.529. The van der Waals surface area contributed by atoms with Crippen molar-refractivity contribution < 1.29 is 13.2 Å². The van der Waals surface area contributed by atoms with Gasteiger partial charge in [0.15, 0.2) is 5.96 Å². The summed E-state index contributed by atoms with van der Waals surface area (Å²) in [5, 5.41) is 3.09. The largest absolute Gasteiger partial charge is 0.355 e. The lowest BCUT2D eigenvalue weighted by molar-refractivity contribution is -0.130. The number of carbonyl (C=O) groups excluding carboxylic acids is 1. The summed E-state index contributed by atoms with van der Waals surface area (Å²) in [6.07, 6.45) is 0. The number of piperazine rings is 1. The van der Waals surface area contributed by atoms with E-state index in [0.29, 0.717) is 32.1 Å². The van der Waals surface area contributed by atoms with Crippen LogP contribution in [-0.2, 0) is 21.4 Å². The Morgan fingerprint density at radius 1 is 1.11 bits per heavy atom. The van der Waals surface area contributed by atoms with Gasteiger partial charge in [-0.05, 0) is 5.56 Å². The number of carbonyl (C=O) groups is 1. The van der Waals surface area contributed by atoms with Crippen molar-refractivity contribution >= 4 is 45.9 Å². The summed E-state index contributed by atoms with van der Waals surface area (Å²) in [7, 11) is -1.70. The molecule has 1 aliphatic heterocycles. The molecule has 1 aromatic rings. The highest BCUT2D eigenvalue weighted by Gasteiger charge is 2.21. The third-order valence-electron chi connectivity index (χ3n) is 4.23. The van der Waals surface area contributed by atoms with Crippen LogP contribution in [0.4, 0.5) is 0 Å². The molecule has 0 saturated carbocycles. The quantitative estimate of drug-likeness (QED) is 0.330. The minimum Gasteiger partial charge on any atom is -0.355 e. The Hall–Kier alpha value is -1.40. The lowest BCUT2D eigenvalue weighted by atomic mass is 10.2. The molecule has 1 aromatic carbocycles. The number of aliphatic imine (C=N–C) groups is 1. The first-order valence-electron chi connectivity index (χ1n) is 8.63. The van der Waals surface area contributed by atoms with Gasteiger partial charge in [-0.15, -0.1) is 24.0 Å². The average Bonchev–Trinajstić information content (AvgIpc) is 2.65. The first-order valence-corrected chi connectivity index (χ1v) is 10.3. The Labute approximate surface area is 178 Å². The topological polar surface area (TPSA) is 94.1 Å². The van der Waals surface area contributed by atoms with E-state index >= 15 is 0 Å². The lowest BCUT2D eigenvalue weighted by Gasteiger charge is -2.36. The minimum atomic E-state index is -3.37. The number of nitrogens with one attached hydrogen (secondary N) is 2. The molecule has 0 atom stereocenters. The van der Waals surface area contributed by atoms with Crippen molar-refractivity contribution in [1.82, 2.24) is 19.8 Å². The van der Waals surface area contributed by atoms with Crippen molar-refractivity contribution in [3.05, 3.63) is 35.9 Å². The monoisotopic (exact) mass is 509 g/mol. The zero-order chi connectivity index (χ0) is 19.0. The minimum absolute atomic E-state index is 0. The Bertz CT molecular complexity index is 719. The molecule has 1 aliphatic rings. The SMILES string of the molecule is CN=C(NCCS(=O)(=O)NCc1ccccc1)N1CCN(C(C)=O)CC1.I. The van der Waals surface area contributed by atoms with E-state index in [2.05, 4.69) is 15.0 Å². The predicted molar refractivity (Wildman–Crippen MR) is 118 cm³/mol. The number of amides is 1. The van der Waals surface area contributed by atoms with Gasteiger partial charge in [-0.2, -0.15) is 0 Å². The van der Waals surface area contributed by atoms with Crippen molar-refractivity contribution in [2.75, 3.05) is 45.5 Å². The number of hydrogen-bond donors (Lipinski definition) is 2. The average molecular weight is 509 g/mol. The van der Waals surface area contributed by atoms with Crippen LogP contribution >= 0.6 is 24.0 Å². The highest BCUT2D eigenvalue weighted by Crippen LogP contribution is 2.03. The van der Waals surface area contributed by atoms with Gasteiger partial charge in [0.1, 0.15) is 0 Å². The van der Waals surface area contributed by atoms with E-state index in [0.717, 1.165) is 5.56 Å². The van der Waals surface area contributed by atoms with E-state index in [4.69, 9.17) is 0 Å². The number of sulfonamides is 1. The van der Waals surface area contributed by atoms with E-state index in [9.17, 15) is 13.2 Å². The van der Waals surface area contributed by atoms with Crippen LogP contribution in [0.3, 0.4) is 0 Å². The summed E-state index contributed by atoms with van der Waals surface area (Å²) in [4.78, 5) is 19.4. The molecule has 152 valence electrons. The van der Waals surface area contributed by atoms with Crippen LogP contribution in [0.15, 0.2) is 35.3 Å². The highest BCUT2D eigenvalue weighted by atomic mass is 127. The molecule has 0 aliphatic carbocycles. The molecule has 0 aromatic heterocycles. The Morgan fingerprint density at radius 2 is 1.70 bits per heavy atom. The van der Waals surface area contributed by atoms with Crippen LogP contribution in [0.25, 0.3) is 0 Å². The van der Waals surface area contributed by atoms with E-state index in [-0.39, 0.29) is 48.7 Å². The first kappa shape index (κ1) is 23.6. The molecular formula is C17H28IN5O3S. The molecule has 0 spiro atoms. The Morgan fingerprint density at radius 3 is 2.26 bits per heavy atom. The normalized spacial score (nSPS) is 15.3. The standard InChI is InChI=1S/C17H27N5O3S.HI/c1-15(23)21-9-11-22(12-10-21)17(18-2)19-8-13-26(24,25)20-14-16-6-4-3-5-7-16;/h3-7,20H,8-14H2,1-2H3,(H,18,19);1H. The Kier molecular flexibility index (Phi) is 10.0. The van der Waals surface area contributed by atoms with E-state index in [1.54, 1.807) is 18.9 Å². The van der Waals surface area contributed by atoms with Crippen molar-refractivity contribution in [3.8, 4) is 0 Å². The molecular weight excluding hydrogens is 481 g/mol.